The van der Waals surface area contributed by atoms with E-state index in [1.165, 1.54) is 12.1 Å². The minimum atomic E-state index is -0.474. The SMILES string of the molecule is CCC[C@@H](N)c1c(Cl)ccc(F)c1Cl. The van der Waals surface area contributed by atoms with Crippen LogP contribution in [0, 0.1) is 5.82 Å². The van der Waals surface area contributed by atoms with E-state index in [4.69, 9.17) is 28.9 Å². The molecule has 2 N–H and O–H groups in total. The summed E-state index contributed by atoms with van der Waals surface area (Å²) in [5, 5.41) is 0.468. The van der Waals surface area contributed by atoms with Crippen LogP contribution in [0.25, 0.3) is 0 Å². The maximum Gasteiger partial charge on any atom is 0.142 e. The molecule has 0 aliphatic rings. The van der Waals surface area contributed by atoms with E-state index in [0.29, 0.717) is 10.6 Å². The molecule has 78 valence electrons. The van der Waals surface area contributed by atoms with E-state index in [0.717, 1.165) is 12.8 Å². The Morgan fingerprint density at radius 1 is 1.43 bits per heavy atom. The van der Waals surface area contributed by atoms with Crippen molar-refractivity contribution in [1.29, 1.82) is 0 Å². The third kappa shape index (κ3) is 2.38. The van der Waals surface area contributed by atoms with Gasteiger partial charge < -0.3 is 5.73 Å². The molecular weight excluding hydrogens is 224 g/mol. The van der Waals surface area contributed by atoms with Gasteiger partial charge in [0, 0.05) is 16.6 Å². The molecule has 1 nitrogen and oxygen atoms in total. The molecule has 0 spiro atoms. The van der Waals surface area contributed by atoms with Gasteiger partial charge in [0.05, 0.1) is 5.02 Å². The maximum absolute atomic E-state index is 13.1. The molecule has 0 bridgehead atoms. The molecule has 0 aromatic heterocycles. The van der Waals surface area contributed by atoms with Gasteiger partial charge in [0.2, 0.25) is 0 Å². The second kappa shape index (κ2) is 4.96. The van der Waals surface area contributed by atoms with Crippen molar-refractivity contribution in [1.82, 2.24) is 0 Å². The van der Waals surface area contributed by atoms with Crippen molar-refractivity contribution in [2.75, 3.05) is 0 Å². The fourth-order valence-electron chi connectivity index (χ4n) is 1.34. The summed E-state index contributed by atoms with van der Waals surface area (Å²) in [6, 6.07) is 2.43. The fraction of sp³-hybridized carbons (Fsp3) is 0.400. The second-order valence-electron chi connectivity index (χ2n) is 3.15. The van der Waals surface area contributed by atoms with Crippen LogP contribution in [0.2, 0.25) is 10.0 Å². The molecule has 0 fully saturated rings. The highest BCUT2D eigenvalue weighted by Crippen LogP contribution is 2.32. The first kappa shape index (κ1) is 11.8. The predicted molar refractivity (Wildman–Crippen MR) is 58.3 cm³/mol. The summed E-state index contributed by atoms with van der Waals surface area (Å²) in [5.74, 6) is -0.474. The largest absolute Gasteiger partial charge is 0.324 e. The van der Waals surface area contributed by atoms with Crippen LogP contribution in [-0.4, -0.2) is 0 Å². The highest BCUT2D eigenvalue weighted by atomic mass is 35.5. The molecule has 0 aliphatic heterocycles. The summed E-state index contributed by atoms with van der Waals surface area (Å²) in [6.07, 6.45) is 1.65. The molecule has 0 saturated carbocycles. The molecule has 1 atom stereocenters. The fourth-order valence-corrected chi connectivity index (χ4v) is 1.99. The number of nitrogens with two attached hydrogens (primary N) is 1. The standard InChI is InChI=1S/C10H12Cl2FN/c1-2-3-8(14)9-6(11)4-5-7(13)10(9)12/h4-5,8H,2-3,14H2,1H3/t8-/m1/s1. The van der Waals surface area contributed by atoms with Gasteiger partial charge in [-0.25, -0.2) is 4.39 Å². The second-order valence-corrected chi connectivity index (χ2v) is 3.94. The first-order valence-electron chi connectivity index (χ1n) is 4.46. The number of benzene rings is 1. The molecule has 0 aliphatic carbocycles. The van der Waals surface area contributed by atoms with Crippen molar-refractivity contribution in [2.45, 2.75) is 25.8 Å². The Hall–Kier alpha value is -0.310. The summed E-state index contributed by atoms with van der Waals surface area (Å²) in [4.78, 5) is 0. The van der Waals surface area contributed by atoms with E-state index < -0.39 is 5.82 Å². The Morgan fingerprint density at radius 2 is 2.07 bits per heavy atom. The average molecular weight is 236 g/mol. The monoisotopic (exact) mass is 235 g/mol. The Kier molecular flexibility index (Phi) is 4.17. The van der Waals surface area contributed by atoms with Crippen LogP contribution < -0.4 is 5.73 Å². The molecule has 0 unspecified atom stereocenters. The van der Waals surface area contributed by atoms with Gasteiger partial charge in [-0.05, 0) is 18.6 Å². The zero-order valence-electron chi connectivity index (χ0n) is 7.86. The predicted octanol–water partition coefficient (Wildman–Crippen LogP) is 3.93. The highest BCUT2D eigenvalue weighted by molar-refractivity contribution is 6.36. The quantitative estimate of drug-likeness (QED) is 0.790. The minimum absolute atomic E-state index is 0.0402. The summed E-state index contributed by atoms with van der Waals surface area (Å²) in [6.45, 7) is 2.00. The Bertz CT molecular complexity index is 328. The molecule has 0 amide bonds. The van der Waals surface area contributed by atoms with Crippen LogP contribution in [0.5, 0.6) is 0 Å². The first-order chi connectivity index (χ1) is 6.57. The van der Waals surface area contributed by atoms with Gasteiger partial charge in [0.15, 0.2) is 0 Å². The van der Waals surface area contributed by atoms with E-state index in [9.17, 15) is 4.39 Å². The van der Waals surface area contributed by atoms with Gasteiger partial charge in [-0.15, -0.1) is 0 Å². The van der Waals surface area contributed by atoms with Crippen molar-refractivity contribution in [3.63, 3.8) is 0 Å². The smallest absolute Gasteiger partial charge is 0.142 e. The molecule has 1 aromatic carbocycles. The van der Waals surface area contributed by atoms with Crippen molar-refractivity contribution in [2.24, 2.45) is 5.73 Å². The lowest BCUT2D eigenvalue weighted by Crippen LogP contribution is -2.11. The number of hydrogen-bond acceptors (Lipinski definition) is 1. The third-order valence-electron chi connectivity index (χ3n) is 2.05. The van der Waals surface area contributed by atoms with E-state index in [2.05, 4.69) is 0 Å². The maximum atomic E-state index is 13.1. The summed E-state index contributed by atoms with van der Waals surface area (Å²) in [7, 11) is 0. The van der Waals surface area contributed by atoms with Gasteiger partial charge in [-0.3, -0.25) is 0 Å². The van der Waals surface area contributed by atoms with Crippen molar-refractivity contribution < 1.29 is 4.39 Å². The summed E-state index contributed by atoms with van der Waals surface area (Å²) >= 11 is 11.7. The Balaban J connectivity index is 3.11. The topological polar surface area (TPSA) is 26.0 Å². The van der Waals surface area contributed by atoms with Crippen LogP contribution in [0.1, 0.15) is 31.4 Å². The van der Waals surface area contributed by atoms with Crippen LogP contribution in [0.15, 0.2) is 12.1 Å². The van der Waals surface area contributed by atoms with Crippen LogP contribution in [0.4, 0.5) is 4.39 Å². The molecule has 1 rings (SSSR count). The van der Waals surface area contributed by atoms with Crippen LogP contribution >= 0.6 is 23.2 Å². The third-order valence-corrected chi connectivity index (χ3v) is 2.76. The highest BCUT2D eigenvalue weighted by Gasteiger charge is 2.16. The zero-order chi connectivity index (χ0) is 10.7. The molecule has 0 radical (unpaired) electrons. The van der Waals surface area contributed by atoms with E-state index in [-0.39, 0.29) is 11.1 Å². The van der Waals surface area contributed by atoms with E-state index >= 15 is 0 Å². The van der Waals surface area contributed by atoms with E-state index in [1.54, 1.807) is 0 Å². The molecular formula is C10H12Cl2FN. The van der Waals surface area contributed by atoms with Gasteiger partial charge in [-0.2, -0.15) is 0 Å². The Labute approximate surface area is 93.0 Å². The summed E-state index contributed by atoms with van der Waals surface area (Å²) in [5.41, 5.74) is 6.35. The zero-order valence-corrected chi connectivity index (χ0v) is 9.37. The lowest BCUT2D eigenvalue weighted by molar-refractivity contribution is 0.606. The lowest BCUT2D eigenvalue weighted by Gasteiger charge is -2.14. The van der Waals surface area contributed by atoms with Gasteiger partial charge in [0.1, 0.15) is 5.82 Å². The molecule has 0 heterocycles. The number of hydrogen-bond donors (Lipinski definition) is 1. The van der Waals surface area contributed by atoms with Crippen LogP contribution in [0.3, 0.4) is 0 Å². The lowest BCUT2D eigenvalue weighted by atomic mass is 10.0. The summed E-state index contributed by atoms with van der Waals surface area (Å²) < 4.78 is 13.1. The molecule has 1 aromatic rings. The van der Waals surface area contributed by atoms with Crippen LogP contribution in [-0.2, 0) is 0 Å². The van der Waals surface area contributed by atoms with E-state index in [1.807, 2.05) is 6.92 Å². The van der Waals surface area contributed by atoms with Crippen molar-refractivity contribution in [3.8, 4) is 0 Å². The van der Waals surface area contributed by atoms with Gasteiger partial charge >= 0.3 is 0 Å². The van der Waals surface area contributed by atoms with Gasteiger partial charge in [0.25, 0.3) is 0 Å². The normalized spacial score (nSPS) is 12.9. The first-order valence-corrected chi connectivity index (χ1v) is 5.22. The minimum Gasteiger partial charge on any atom is -0.324 e. The van der Waals surface area contributed by atoms with Crippen molar-refractivity contribution in [3.05, 3.63) is 33.6 Å². The molecule has 14 heavy (non-hydrogen) atoms. The molecule has 4 heteroatoms. The average Bonchev–Trinajstić information content (AvgIpc) is 2.13. The molecule has 0 saturated heterocycles. The number of halogens is 3. The van der Waals surface area contributed by atoms with Crippen molar-refractivity contribution >= 4 is 23.2 Å². The number of rotatable bonds is 3. The van der Waals surface area contributed by atoms with Gasteiger partial charge in [-0.1, -0.05) is 36.5 Å². The Morgan fingerprint density at radius 3 is 2.64 bits per heavy atom.